The maximum atomic E-state index is 9.51. The lowest BCUT2D eigenvalue weighted by Crippen LogP contribution is -2.29. The minimum Gasteiger partial charge on any atom is -0.493 e. The lowest BCUT2D eigenvalue weighted by atomic mass is 10.1. The Bertz CT molecular complexity index is 294. The largest absolute Gasteiger partial charge is 0.493 e. The molecule has 0 unspecified atom stereocenters. The minimum absolute atomic E-state index is 0.431. The van der Waals surface area contributed by atoms with Gasteiger partial charge in [-0.1, -0.05) is 0 Å². The fourth-order valence-electron chi connectivity index (χ4n) is 0.988. The average molecular weight is 196 g/mol. The standard InChI is InChI=1S/C10H16N2O2/c1-10(2,13)7-12-9-8(14-3)5-4-6-11-9/h4-6,13H,7H2,1-3H3,(H,11,12). The minimum atomic E-state index is -0.761. The molecular weight excluding hydrogens is 180 g/mol. The molecule has 2 N–H and O–H groups in total. The average Bonchev–Trinajstić information content (AvgIpc) is 2.14. The van der Waals surface area contributed by atoms with Crippen molar-refractivity contribution in [1.82, 2.24) is 4.98 Å². The van der Waals surface area contributed by atoms with Crippen molar-refractivity contribution in [3.63, 3.8) is 0 Å². The van der Waals surface area contributed by atoms with Crippen LogP contribution in [-0.4, -0.2) is 29.3 Å². The third kappa shape index (κ3) is 3.22. The normalized spacial score (nSPS) is 11.1. The van der Waals surface area contributed by atoms with Gasteiger partial charge in [0, 0.05) is 12.7 Å². The number of aromatic nitrogens is 1. The van der Waals surface area contributed by atoms with Crippen molar-refractivity contribution >= 4 is 5.82 Å². The van der Waals surface area contributed by atoms with Crippen molar-refractivity contribution in [3.8, 4) is 5.75 Å². The van der Waals surface area contributed by atoms with E-state index in [-0.39, 0.29) is 0 Å². The van der Waals surface area contributed by atoms with Crippen molar-refractivity contribution in [3.05, 3.63) is 18.3 Å². The summed E-state index contributed by atoms with van der Waals surface area (Å²) in [5.41, 5.74) is -0.761. The highest BCUT2D eigenvalue weighted by molar-refractivity contribution is 5.49. The number of rotatable bonds is 4. The summed E-state index contributed by atoms with van der Waals surface area (Å²) in [6.07, 6.45) is 1.68. The van der Waals surface area contributed by atoms with Gasteiger partial charge in [0.05, 0.1) is 12.7 Å². The van der Waals surface area contributed by atoms with Gasteiger partial charge in [-0.05, 0) is 26.0 Å². The molecule has 0 amide bonds. The van der Waals surface area contributed by atoms with Crippen LogP contribution in [0.1, 0.15) is 13.8 Å². The van der Waals surface area contributed by atoms with Gasteiger partial charge < -0.3 is 15.2 Å². The summed E-state index contributed by atoms with van der Waals surface area (Å²) in [5.74, 6) is 1.33. The van der Waals surface area contributed by atoms with E-state index in [9.17, 15) is 5.11 Å². The van der Waals surface area contributed by atoms with E-state index in [1.807, 2.05) is 6.07 Å². The van der Waals surface area contributed by atoms with Gasteiger partial charge in [0.25, 0.3) is 0 Å². The van der Waals surface area contributed by atoms with Crippen LogP contribution in [0.15, 0.2) is 18.3 Å². The zero-order valence-corrected chi connectivity index (χ0v) is 8.74. The number of hydrogen-bond donors (Lipinski definition) is 2. The first-order chi connectivity index (χ1) is 6.53. The number of methoxy groups -OCH3 is 1. The number of pyridine rings is 1. The highest BCUT2D eigenvalue weighted by Gasteiger charge is 2.13. The van der Waals surface area contributed by atoms with Gasteiger partial charge in [0.2, 0.25) is 0 Å². The van der Waals surface area contributed by atoms with Crippen LogP contribution in [-0.2, 0) is 0 Å². The summed E-state index contributed by atoms with van der Waals surface area (Å²) in [6.45, 7) is 3.89. The molecule has 4 heteroatoms. The van der Waals surface area contributed by atoms with E-state index in [4.69, 9.17) is 4.74 Å². The highest BCUT2D eigenvalue weighted by Crippen LogP contribution is 2.20. The van der Waals surface area contributed by atoms with E-state index in [0.717, 1.165) is 0 Å². The Morgan fingerprint density at radius 3 is 2.86 bits per heavy atom. The maximum Gasteiger partial charge on any atom is 0.168 e. The van der Waals surface area contributed by atoms with Gasteiger partial charge in [-0.2, -0.15) is 0 Å². The van der Waals surface area contributed by atoms with E-state index >= 15 is 0 Å². The molecule has 0 saturated carbocycles. The number of hydrogen-bond acceptors (Lipinski definition) is 4. The molecule has 0 saturated heterocycles. The molecule has 78 valence electrons. The monoisotopic (exact) mass is 196 g/mol. The van der Waals surface area contributed by atoms with Crippen molar-refractivity contribution in [1.29, 1.82) is 0 Å². The second-order valence-electron chi connectivity index (χ2n) is 3.72. The summed E-state index contributed by atoms with van der Waals surface area (Å²) in [7, 11) is 1.59. The lowest BCUT2D eigenvalue weighted by Gasteiger charge is -2.18. The molecule has 1 rings (SSSR count). The molecule has 0 fully saturated rings. The Morgan fingerprint density at radius 1 is 1.57 bits per heavy atom. The first-order valence-corrected chi connectivity index (χ1v) is 4.48. The number of ether oxygens (including phenoxy) is 1. The summed E-state index contributed by atoms with van der Waals surface area (Å²) in [6, 6.07) is 3.62. The fourth-order valence-corrected chi connectivity index (χ4v) is 0.988. The van der Waals surface area contributed by atoms with Crippen LogP contribution in [0.5, 0.6) is 5.75 Å². The molecule has 0 aliphatic carbocycles. The smallest absolute Gasteiger partial charge is 0.168 e. The molecule has 1 aromatic heterocycles. The molecule has 1 heterocycles. The fraction of sp³-hybridized carbons (Fsp3) is 0.500. The molecule has 0 spiro atoms. The van der Waals surface area contributed by atoms with E-state index in [0.29, 0.717) is 18.1 Å². The van der Waals surface area contributed by atoms with Gasteiger partial charge in [0.1, 0.15) is 0 Å². The molecule has 0 bridgehead atoms. The first kappa shape index (κ1) is 10.8. The van der Waals surface area contributed by atoms with E-state index in [1.165, 1.54) is 0 Å². The highest BCUT2D eigenvalue weighted by atomic mass is 16.5. The van der Waals surface area contributed by atoms with Gasteiger partial charge in [0.15, 0.2) is 11.6 Å². The SMILES string of the molecule is COc1cccnc1NCC(C)(C)O. The molecule has 14 heavy (non-hydrogen) atoms. The number of aliphatic hydroxyl groups is 1. The van der Waals surface area contributed by atoms with Gasteiger partial charge >= 0.3 is 0 Å². The van der Waals surface area contributed by atoms with Crippen LogP contribution in [0, 0.1) is 0 Å². The summed E-state index contributed by atoms with van der Waals surface area (Å²) in [4.78, 5) is 4.11. The van der Waals surface area contributed by atoms with Gasteiger partial charge in [-0.3, -0.25) is 0 Å². The zero-order chi connectivity index (χ0) is 10.6. The Kier molecular flexibility index (Phi) is 3.30. The third-order valence-corrected chi connectivity index (χ3v) is 1.68. The molecule has 4 nitrogen and oxygen atoms in total. The Balaban J connectivity index is 2.67. The molecule has 0 aliphatic rings. The molecule has 0 aliphatic heterocycles. The Labute approximate surface area is 83.9 Å². The van der Waals surface area contributed by atoms with E-state index in [1.54, 1.807) is 33.2 Å². The maximum absolute atomic E-state index is 9.51. The van der Waals surface area contributed by atoms with Crippen LogP contribution in [0.3, 0.4) is 0 Å². The molecular formula is C10H16N2O2. The number of nitrogens with one attached hydrogen (secondary N) is 1. The van der Waals surface area contributed by atoms with Crippen LogP contribution < -0.4 is 10.1 Å². The second-order valence-corrected chi connectivity index (χ2v) is 3.72. The van der Waals surface area contributed by atoms with E-state index in [2.05, 4.69) is 10.3 Å². The van der Waals surface area contributed by atoms with Crippen molar-refractivity contribution in [2.45, 2.75) is 19.4 Å². The molecule has 1 aromatic rings. The van der Waals surface area contributed by atoms with Crippen LogP contribution in [0.2, 0.25) is 0 Å². The summed E-state index contributed by atoms with van der Waals surface area (Å²) in [5, 5.41) is 12.5. The van der Waals surface area contributed by atoms with Crippen molar-refractivity contribution in [2.75, 3.05) is 19.0 Å². The number of nitrogens with zero attached hydrogens (tertiary/aromatic N) is 1. The summed E-state index contributed by atoms with van der Waals surface area (Å²) >= 11 is 0. The molecule has 0 radical (unpaired) electrons. The molecule has 0 aromatic carbocycles. The van der Waals surface area contributed by atoms with Gasteiger partial charge in [-0.15, -0.1) is 0 Å². The predicted molar refractivity (Wildman–Crippen MR) is 55.6 cm³/mol. The Hall–Kier alpha value is -1.29. The Morgan fingerprint density at radius 2 is 2.29 bits per heavy atom. The van der Waals surface area contributed by atoms with Gasteiger partial charge in [-0.25, -0.2) is 4.98 Å². The van der Waals surface area contributed by atoms with E-state index < -0.39 is 5.60 Å². The number of anilines is 1. The first-order valence-electron chi connectivity index (χ1n) is 4.48. The zero-order valence-electron chi connectivity index (χ0n) is 8.74. The van der Waals surface area contributed by atoms with Crippen LogP contribution >= 0.6 is 0 Å². The quantitative estimate of drug-likeness (QED) is 0.761. The summed E-state index contributed by atoms with van der Waals surface area (Å²) < 4.78 is 5.10. The second kappa shape index (κ2) is 4.28. The lowest BCUT2D eigenvalue weighted by molar-refractivity contribution is 0.0944. The molecule has 0 atom stereocenters. The predicted octanol–water partition coefficient (Wildman–Crippen LogP) is 1.27. The topological polar surface area (TPSA) is 54.4 Å². The van der Waals surface area contributed by atoms with Crippen LogP contribution in [0.4, 0.5) is 5.82 Å². The third-order valence-electron chi connectivity index (χ3n) is 1.68. The van der Waals surface area contributed by atoms with Crippen LogP contribution in [0.25, 0.3) is 0 Å². The van der Waals surface area contributed by atoms with Crippen molar-refractivity contribution < 1.29 is 9.84 Å². The van der Waals surface area contributed by atoms with Crippen molar-refractivity contribution in [2.24, 2.45) is 0 Å².